The molecule has 0 amide bonds. The van der Waals surface area contributed by atoms with E-state index in [1.807, 2.05) is 29.6 Å². The standard InChI is InChI=1S/C19H18O4S/c1-3-23-18(20)19(21,13-8-10-14(22-2)11-9-13)16-12-24-17-7-5-4-6-15(16)17/h4-12,21H,3H2,1-2H3/t19-/m1/s1. The van der Waals surface area contributed by atoms with Gasteiger partial charge in [-0.15, -0.1) is 11.3 Å². The van der Waals surface area contributed by atoms with Crippen molar-refractivity contribution in [1.29, 1.82) is 0 Å². The van der Waals surface area contributed by atoms with Gasteiger partial charge in [0.25, 0.3) is 0 Å². The number of aliphatic hydroxyl groups is 1. The van der Waals surface area contributed by atoms with Gasteiger partial charge in [0.05, 0.1) is 13.7 Å². The third kappa shape index (κ3) is 2.66. The Hall–Kier alpha value is -2.37. The topological polar surface area (TPSA) is 55.8 Å². The van der Waals surface area contributed by atoms with Crippen LogP contribution in [-0.4, -0.2) is 24.8 Å². The van der Waals surface area contributed by atoms with Gasteiger partial charge in [0.15, 0.2) is 0 Å². The normalized spacial score (nSPS) is 13.5. The van der Waals surface area contributed by atoms with Crippen LogP contribution in [0.25, 0.3) is 10.1 Å². The summed E-state index contributed by atoms with van der Waals surface area (Å²) in [5, 5.41) is 14.0. The summed E-state index contributed by atoms with van der Waals surface area (Å²) in [6, 6.07) is 14.5. The van der Waals surface area contributed by atoms with Crippen molar-refractivity contribution in [2.75, 3.05) is 13.7 Å². The van der Waals surface area contributed by atoms with Crippen LogP contribution >= 0.6 is 11.3 Å². The van der Waals surface area contributed by atoms with Crippen LogP contribution in [0.1, 0.15) is 18.1 Å². The van der Waals surface area contributed by atoms with E-state index >= 15 is 0 Å². The first kappa shape index (κ1) is 16.5. The largest absolute Gasteiger partial charge is 0.497 e. The zero-order chi connectivity index (χ0) is 17.2. The van der Waals surface area contributed by atoms with Gasteiger partial charge in [-0.3, -0.25) is 0 Å². The van der Waals surface area contributed by atoms with Crippen molar-refractivity contribution in [3.63, 3.8) is 0 Å². The lowest BCUT2D eigenvalue weighted by Gasteiger charge is -2.26. The van der Waals surface area contributed by atoms with Crippen LogP contribution in [0.2, 0.25) is 0 Å². The monoisotopic (exact) mass is 342 g/mol. The summed E-state index contributed by atoms with van der Waals surface area (Å²) < 4.78 is 11.3. The smallest absolute Gasteiger partial charge is 0.347 e. The van der Waals surface area contributed by atoms with E-state index in [9.17, 15) is 9.90 Å². The van der Waals surface area contributed by atoms with Gasteiger partial charge >= 0.3 is 5.97 Å². The van der Waals surface area contributed by atoms with Crippen LogP contribution in [-0.2, 0) is 15.1 Å². The Balaban J connectivity index is 2.20. The Labute approximate surface area is 144 Å². The fourth-order valence-electron chi connectivity index (χ4n) is 2.71. The first-order chi connectivity index (χ1) is 11.6. The molecular formula is C19H18O4S. The summed E-state index contributed by atoms with van der Waals surface area (Å²) in [4.78, 5) is 12.7. The third-order valence-corrected chi connectivity index (χ3v) is 4.91. The van der Waals surface area contributed by atoms with Crippen molar-refractivity contribution in [1.82, 2.24) is 0 Å². The van der Waals surface area contributed by atoms with Crippen LogP contribution in [0.5, 0.6) is 5.75 Å². The average molecular weight is 342 g/mol. The molecule has 1 aromatic heterocycles. The second kappa shape index (κ2) is 6.63. The Morgan fingerprint density at radius 2 is 1.88 bits per heavy atom. The molecule has 3 aromatic rings. The third-order valence-electron chi connectivity index (χ3n) is 3.95. The average Bonchev–Trinajstić information content (AvgIpc) is 3.06. The molecule has 0 bridgehead atoms. The molecule has 0 aliphatic carbocycles. The Morgan fingerprint density at radius 3 is 2.54 bits per heavy atom. The van der Waals surface area contributed by atoms with Gasteiger partial charge in [-0.25, -0.2) is 4.79 Å². The number of ether oxygens (including phenoxy) is 2. The molecule has 0 aliphatic heterocycles. The number of fused-ring (bicyclic) bond motifs is 1. The van der Waals surface area contributed by atoms with Crippen molar-refractivity contribution in [2.24, 2.45) is 0 Å². The van der Waals surface area contributed by atoms with Crippen LogP contribution in [0.15, 0.2) is 53.9 Å². The van der Waals surface area contributed by atoms with Gasteiger partial charge in [0, 0.05) is 10.3 Å². The number of methoxy groups -OCH3 is 1. The Bertz CT molecular complexity index is 853. The number of benzene rings is 2. The highest BCUT2D eigenvalue weighted by atomic mass is 32.1. The molecule has 4 nitrogen and oxygen atoms in total. The molecule has 1 heterocycles. The number of hydrogen-bond donors (Lipinski definition) is 1. The van der Waals surface area contributed by atoms with E-state index in [1.165, 1.54) is 11.3 Å². The van der Waals surface area contributed by atoms with E-state index in [0.717, 1.165) is 10.1 Å². The van der Waals surface area contributed by atoms with Gasteiger partial charge in [-0.2, -0.15) is 0 Å². The first-order valence-corrected chi connectivity index (χ1v) is 8.50. The van der Waals surface area contributed by atoms with E-state index in [1.54, 1.807) is 38.3 Å². The van der Waals surface area contributed by atoms with Gasteiger partial charge < -0.3 is 14.6 Å². The van der Waals surface area contributed by atoms with Crippen molar-refractivity contribution in [2.45, 2.75) is 12.5 Å². The van der Waals surface area contributed by atoms with E-state index in [2.05, 4.69) is 0 Å². The van der Waals surface area contributed by atoms with Gasteiger partial charge in [0.2, 0.25) is 5.60 Å². The minimum atomic E-state index is -1.86. The number of hydrogen-bond acceptors (Lipinski definition) is 5. The molecule has 0 radical (unpaired) electrons. The molecule has 5 heteroatoms. The van der Waals surface area contributed by atoms with Crippen molar-refractivity contribution in [3.05, 3.63) is 65.0 Å². The minimum absolute atomic E-state index is 0.194. The van der Waals surface area contributed by atoms with Crippen LogP contribution < -0.4 is 4.74 Å². The molecule has 0 unspecified atom stereocenters. The molecular weight excluding hydrogens is 324 g/mol. The number of rotatable bonds is 5. The fraction of sp³-hybridized carbons (Fsp3) is 0.211. The molecule has 1 N–H and O–H groups in total. The van der Waals surface area contributed by atoms with Gasteiger partial charge in [-0.05, 0) is 41.5 Å². The van der Waals surface area contributed by atoms with Crippen molar-refractivity contribution >= 4 is 27.4 Å². The molecule has 2 aromatic carbocycles. The van der Waals surface area contributed by atoms with E-state index in [-0.39, 0.29) is 6.61 Å². The number of carbonyl (C=O) groups is 1. The summed E-state index contributed by atoms with van der Waals surface area (Å²) in [5.74, 6) is -0.0288. The van der Waals surface area contributed by atoms with Crippen LogP contribution in [0, 0.1) is 0 Å². The molecule has 0 spiro atoms. The van der Waals surface area contributed by atoms with E-state index < -0.39 is 11.6 Å². The summed E-state index contributed by atoms with van der Waals surface area (Å²) in [6.45, 7) is 1.91. The zero-order valence-corrected chi connectivity index (χ0v) is 14.3. The number of carbonyl (C=O) groups excluding carboxylic acids is 1. The molecule has 3 rings (SSSR count). The lowest BCUT2D eigenvalue weighted by molar-refractivity contribution is -0.161. The highest BCUT2D eigenvalue weighted by Gasteiger charge is 2.43. The van der Waals surface area contributed by atoms with Gasteiger partial charge in [-0.1, -0.05) is 30.3 Å². The maximum absolute atomic E-state index is 12.7. The molecule has 24 heavy (non-hydrogen) atoms. The fourth-order valence-corrected chi connectivity index (χ4v) is 3.71. The molecule has 0 saturated carbocycles. The molecule has 124 valence electrons. The van der Waals surface area contributed by atoms with Crippen LogP contribution in [0.4, 0.5) is 0 Å². The van der Waals surface area contributed by atoms with Gasteiger partial charge in [0.1, 0.15) is 5.75 Å². The maximum Gasteiger partial charge on any atom is 0.347 e. The summed E-state index contributed by atoms with van der Waals surface area (Å²) in [7, 11) is 1.57. The SMILES string of the molecule is CCOC(=O)[C@@](O)(c1ccc(OC)cc1)c1csc2ccccc12. The number of esters is 1. The summed E-state index contributed by atoms with van der Waals surface area (Å²) in [5.41, 5.74) is -0.876. The summed E-state index contributed by atoms with van der Waals surface area (Å²) in [6.07, 6.45) is 0. The lowest BCUT2D eigenvalue weighted by atomic mass is 9.86. The second-order valence-electron chi connectivity index (χ2n) is 5.30. The quantitative estimate of drug-likeness (QED) is 0.718. The zero-order valence-electron chi connectivity index (χ0n) is 13.5. The highest BCUT2D eigenvalue weighted by Crippen LogP contribution is 2.39. The van der Waals surface area contributed by atoms with E-state index in [4.69, 9.17) is 9.47 Å². The highest BCUT2D eigenvalue weighted by molar-refractivity contribution is 7.17. The predicted octanol–water partition coefficient (Wildman–Crippen LogP) is 3.71. The Morgan fingerprint density at radius 1 is 1.17 bits per heavy atom. The molecule has 0 aliphatic rings. The first-order valence-electron chi connectivity index (χ1n) is 7.62. The minimum Gasteiger partial charge on any atom is -0.497 e. The molecule has 0 saturated heterocycles. The van der Waals surface area contributed by atoms with E-state index in [0.29, 0.717) is 16.9 Å². The van der Waals surface area contributed by atoms with Crippen molar-refractivity contribution in [3.8, 4) is 5.75 Å². The summed E-state index contributed by atoms with van der Waals surface area (Å²) >= 11 is 1.49. The van der Waals surface area contributed by atoms with Crippen molar-refractivity contribution < 1.29 is 19.4 Å². The Kier molecular flexibility index (Phi) is 4.55. The second-order valence-corrected chi connectivity index (χ2v) is 6.22. The molecule has 1 atom stereocenters. The molecule has 0 fully saturated rings. The maximum atomic E-state index is 12.7. The number of thiophene rings is 1. The lowest BCUT2D eigenvalue weighted by Crippen LogP contribution is -2.38. The van der Waals surface area contributed by atoms with Crippen LogP contribution in [0.3, 0.4) is 0 Å². The predicted molar refractivity (Wildman–Crippen MR) is 94.5 cm³/mol.